The molecule has 0 aromatic heterocycles. The maximum absolute atomic E-state index is 12.0. The van der Waals surface area contributed by atoms with E-state index < -0.39 is 0 Å². The average molecular weight is 292 g/mol. The number of likely N-dealkylation sites (N-methyl/N-ethyl adjacent to an activating group) is 1. The Bertz CT molecular complexity index is 498. The van der Waals surface area contributed by atoms with Crippen LogP contribution < -0.4 is 15.2 Å². The molecule has 5 nitrogen and oxygen atoms in total. The Balaban J connectivity index is 1.97. The van der Waals surface area contributed by atoms with Gasteiger partial charge < -0.3 is 20.1 Å². The Hall–Kier alpha value is -1.75. The fraction of sp³-hybridized carbons (Fsp3) is 0.562. The molecule has 1 atom stereocenters. The van der Waals surface area contributed by atoms with Crippen LogP contribution in [-0.2, 0) is 11.2 Å². The second kappa shape index (κ2) is 6.80. The predicted octanol–water partition coefficient (Wildman–Crippen LogP) is 1.58. The molecule has 2 N–H and O–H groups in total. The minimum Gasteiger partial charge on any atom is -0.493 e. The number of carbonyl (C=O) groups excluding carboxylic acids is 1. The number of ether oxygens (including phenoxy) is 2. The van der Waals surface area contributed by atoms with Gasteiger partial charge in [-0.05, 0) is 43.9 Å². The van der Waals surface area contributed by atoms with Crippen LogP contribution in [0.5, 0.6) is 11.5 Å². The van der Waals surface area contributed by atoms with Crippen molar-refractivity contribution in [2.45, 2.75) is 38.3 Å². The summed E-state index contributed by atoms with van der Waals surface area (Å²) >= 11 is 0. The van der Waals surface area contributed by atoms with Crippen molar-refractivity contribution in [1.82, 2.24) is 4.90 Å². The molecule has 1 aromatic carbocycles. The zero-order valence-corrected chi connectivity index (χ0v) is 13.0. The van der Waals surface area contributed by atoms with Crippen LogP contribution in [0, 0.1) is 0 Å². The molecule has 1 aliphatic rings. The van der Waals surface area contributed by atoms with E-state index in [1.165, 1.54) is 0 Å². The zero-order valence-electron chi connectivity index (χ0n) is 13.0. The minimum absolute atomic E-state index is 0.000731. The van der Waals surface area contributed by atoms with E-state index >= 15 is 0 Å². The van der Waals surface area contributed by atoms with E-state index in [0.29, 0.717) is 17.5 Å². The van der Waals surface area contributed by atoms with Gasteiger partial charge in [0.25, 0.3) is 5.91 Å². The average Bonchev–Trinajstić information content (AvgIpc) is 3.28. The molecule has 1 saturated carbocycles. The maximum Gasteiger partial charge on any atom is 0.260 e. The Morgan fingerprint density at radius 1 is 1.43 bits per heavy atom. The monoisotopic (exact) mass is 292 g/mol. The van der Waals surface area contributed by atoms with Crippen molar-refractivity contribution in [2.24, 2.45) is 5.73 Å². The minimum atomic E-state index is -0.000731. The molecule has 0 spiro atoms. The lowest BCUT2D eigenvalue weighted by Crippen LogP contribution is -2.33. The van der Waals surface area contributed by atoms with Crippen LogP contribution in [0.4, 0.5) is 0 Å². The number of carbonyl (C=O) groups is 1. The van der Waals surface area contributed by atoms with Crippen LogP contribution in [-0.4, -0.2) is 43.7 Å². The van der Waals surface area contributed by atoms with Crippen molar-refractivity contribution in [1.29, 1.82) is 0 Å². The smallest absolute Gasteiger partial charge is 0.260 e. The summed E-state index contributed by atoms with van der Waals surface area (Å²) in [6.45, 7) is 2.00. The van der Waals surface area contributed by atoms with Gasteiger partial charge in [-0.1, -0.05) is 6.07 Å². The van der Waals surface area contributed by atoms with Gasteiger partial charge in [0.15, 0.2) is 18.1 Å². The molecule has 116 valence electrons. The summed E-state index contributed by atoms with van der Waals surface area (Å²) in [6.07, 6.45) is 2.97. The first-order chi connectivity index (χ1) is 10.0. The van der Waals surface area contributed by atoms with Crippen molar-refractivity contribution < 1.29 is 14.3 Å². The molecule has 21 heavy (non-hydrogen) atoms. The van der Waals surface area contributed by atoms with E-state index in [4.69, 9.17) is 15.2 Å². The molecule has 0 radical (unpaired) electrons. The van der Waals surface area contributed by atoms with E-state index in [-0.39, 0.29) is 18.6 Å². The number of hydrogen-bond acceptors (Lipinski definition) is 4. The fourth-order valence-electron chi connectivity index (χ4n) is 2.24. The molecular formula is C16H24N2O3. The number of methoxy groups -OCH3 is 1. The third-order valence-corrected chi connectivity index (χ3v) is 3.62. The molecule has 1 unspecified atom stereocenters. The number of nitrogens with zero attached hydrogens (tertiary/aromatic N) is 1. The van der Waals surface area contributed by atoms with Gasteiger partial charge in [-0.3, -0.25) is 4.79 Å². The molecule has 0 heterocycles. The normalized spacial score (nSPS) is 15.4. The summed E-state index contributed by atoms with van der Waals surface area (Å²) in [6, 6.07) is 6.19. The SMILES string of the molecule is COc1cc(CC(C)N)ccc1OCC(=O)N(C)C1CC1. The standard InChI is InChI=1S/C16H24N2O3/c1-11(17)8-12-4-7-14(15(9-12)20-3)21-10-16(19)18(2)13-5-6-13/h4,7,9,11,13H,5-6,8,10,17H2,1-3H3. The molecule has 1 aliphatic carbocycles. The van der Waals surface area contributed by atoms with Gasteiger partial charge in [-0.2, -0.15) is 0 Å². The predicted molar refractivity (Wildman–Crippen MR) is 81.6 cm³/mol. The summed E-state index contributed by atoms with van der Waals surface area (Å²) in [5.41, 5.74) is 6.89. The van der Waals surface area contributed by atoms with E-state index in [1.807, 2.05) is 32.2 Å². The summed E-state index contributed by atoms with van der Waals surface area (Å²) < 4.78 is 10.9. The fourth-order valence-corrected chi connectivity index (χ4v) is 2.24. The van der Waals surface area contributed by atoms with Crippen LogP contribution in [0.25, 0.3) is 0 Å². The summed E-state index contributed by atoms with van der Waals surface area (Å²) in [5, 5.41) is 0. The first kappa shape index (κ1) is 15.6. The Kier molecular flexibility index (Phi) is 5.07. The van der Waals surface area contributed by atoms with Gasteiger partial charge in [0.05, 0.1) is 7.11 Å². The number of nitrogens with two attached hydrogens (primary N) is 1. The second-order valence-corrected chi connectivity index (χ2v) is 5.69. The summed E-state index contributed by atoms with van der Waals surface area (Å²) in [4.78, 5) is 13.7. The Morgan fingerprint density at radius 3 is 2.71 bits per heavy atom. The lowest BCUT2D eigenvalue weighted by atomic mass is 10.1. The molecule has 2 rings (SSSR count). The van der Waals surface area contributed by atoms with Gasteiger partial charge in [-0.15, -0.1) is 0 Å². The number of benzene rings is 1. The van der Waals surface area contributed by atoms with E-state index in [1.54, 1.807) is 12.0 Å². The maximum atomic E-state index is 12.0. The highest BCUT2D eigenvalue weighted by Crippen LogP contribution is 2.29. The van der Waals surface area contributed by atoms with Gasteiger partial charge in [0.2, 0.25) is 0 Å². The van der Waals surface area contributed by atoms with Crippen molar-refractivity contribution in [3.05, 3.63) is 23.8 Å². The van der Waals surface area contributed by atoms with Crippen LogP contribution in [0.3, 0.4) is 0 Å². The number of rotatable bonds is 7. The summed E-state index contributed by atoms with van der Waals surface area (Å²) in [7, 11) is 3.42. The topological polar surface area (TPSA) is 64.8 Å². The Labute approximate surface area is 126 Å². The van der Waals surface area contributed by atoms with Crippen LogP contribution >= 0.6 is 0 Å². The van der Waals surface area contributed by atoms with Gasteiger partial charge in [0.1, 0.15) is 0 Å². The van der Waals surface area contributed by atoms with E-state index in [2.05, 4.69) is 0 Å². The zero-order chi connectivity index (χ0) is 15.4. The molecule has 0 aliphatic heterocycles. The molecule has 5 heteroatoms. The lowest BCUT2D eigenvalue weighted by molar-refractivity contribution is -0.132. The molecule has 0 bridgehead atoms. The van der Waals surface area contributed by atoms with Crippen molar-refractivity contribution in [3.63, 3.8) is 0 Å². The van der Waals surface area contributed by atoms with Gasteiger partial charge >= 0.3 is 0 Å². The third kappa shape index (κ3) is 4.36. The molecule has 1 amide bonds. The first-order valence-corrected chi connectivity index (χ1v) is 7.32. The largest absolute Gasteiger partial charge is 0.493 e. The van der Waals surface area contributed by atoms with Crippen molar-refractivity contribution >= 4 is 5.91 Å². The highest BCUT2D eigenvalue weighted by atomic mass is 16.5. The van der Waals surface area contributed by atoms with Crippen LogP contribution in [0.2, 0.25) is 0 Å². The van der Waals surface area contributed by atoms with Gasteiger partial charge in [0, 0.05) is 19.1 Å². The molecule has 1 fully saturated rings. The number of hydrogen-bond donors (Lipinski definition) is 1. The van der Waals surface area contributed by atoms with Gasteiger partial charge in [-0.25, -0.2) is 0 Å². The summed E-state index contributed by atoms with van der Waals surface area (Å²) in [5.74, 6) is 1.22. The van der Waals surface area contributed by atoms with E-state index in [0.717, 1.165) is 24.8 Å². The first-order valence-electron chi connectivity index (χ1n) is 7.32. The quantitative estimate of drug-likeness (QED) is 0.829. The Morgan fingerprint density at radius 2 is 2.14 bits per heavy atom. The van der Waals surface area contributed by atoms with Crippen molar-refractivity contribution in [2.75, 3.05) is 20.8 Å². The van der Waals surface area contributed by atoms with E-state index in [9.17, 15) is 4.79 Å². The molecule has 0 saturated heterocycles. The second-order valence-electron chi connectivity index (χ2n) is 5.69. The highest BCUT2D eigenvalue weighted by Gasteiger charge is 2.29. The highest BCUT2D eigenvalue weighted by molar-refractivity contribution is 5.78. The lowest BCUT2D eigenvalue weighted by Gasteiger charge is -2.17. The number of amides is 1. The van der Waals surface area contributed by atoms with Crippen molar-refractivity contribution in [3.8, 4) is 11.5 Å². The third-order valence-electron chi connectivity index (χ3n) is 3.62. The van der Waals surface area contributed by atoms with Crippen LogP contribution in [0.1, 0.15) is 25.3 Å². The van der Waals surface area contributed by atoms with Crippen LogP contribution in [0.15, 0.2) is 18.2 Å². The molecule has 1 aromatic rings. The molecular weight excluding hydrogens is 268 g/mol.